The maximum absolute atomic E-state index is 14.2. The number of hydrogen-bond acceptors (Lipinski definition) is 6. The first-order chi connectivity index (χ1) is 25.5. The Bertz CT molecular complexity index is 1770. The van der Waals surface area contributed by atoms with E-state index in [2.05, 4.69) is 48.5 Å². The zero-order valence-corrected chi connectivity index (χ0v) is 35.8. The first-order valence-electron chi connectivity index (χ1n) is 20.8. The number of ketones is 1. The van der Waals surface area contributed by atoms with E-state index in [0.717, 1.165) is 56.1 Å². The Morgan fingerprint density at radius 1 is 0.945 bits per heavy atom. The van der Waals surface area contributed by atoms with Gasteiger partial charge in [0, 0.05) is 42.3 Å². The van der Waals surface area contributed by atoms with Gasteiger partial charge < -0.3 is 19.8 Å². The molecule has 0 radical (unpaired) electrons. The van der Waals surface area contributed by atoms with Crippen LogP contribution in [0.15, 0.2) is 35.4 Å². The molecule has 9 heteroatoms. The van der Waals surface area contributed by atoms with Crippen LogP contribution in [0, 0.1) is 56.2 Å². The van der Waals surface area contributed by atoms with Crippen LogP contribution >= 0.6 is 11.6 Å². The van der Waals surface area contributed by atoms with Gasteiger partial charge in [0.1, 0.15) is 6.10 Å². The second-order valence-electron chi connectivity index (χ2n) is 20.6. The van der Waals surface area contributed by atoms with E-state index >= 15 is 0 Å². The third-order valence-corrected chi connectivity index (χ3v) is 17.0. The van der Waals surface area contributed by atoms with Crippen molar-refractivity contribution >= 4 is 35.2 Å². The van der Waals surface area contributed by atoms with Gasteiger partial charge in [-0.1, -0.05) is 83.8 Å². The van der Waals surface area contributed by atoms with Crippen molar-refractivity contribution in [2.45, 2.75) is 152 Å². The Kier molecular flexibility index (Phi) is 10.9. The maximum Gasteiger partial charge on any atom is 0.309 e. The Hall–Kier alpha value is -2.71. The molecule has 0 heterocycles. The second-order valence-corrected chi connectivity index (χ2v) is 21.0. The lowest BCUT2D eigenvalue weighted by Gasteiger charge is -2.72. The van der Waals surface area contributed by atoms with Crippen molar-refractivity contribution in [1.82, 2.24) is 4.90 Å². The predicted molar refractivity (Wildman–Crippen MR) is 214 cm³/mol. The van der Waals surface area contributed by atoms with Crippen LogP contribution < -0.4 is 0 Å². The quantitative estimate of drug-likeness (QED) is 0.227. The Morgan fingerprint density at radius 2 is 1.62 bits per heavy atom. The fourth-order valence-corrected chi connectivity index (χ4v) is 13.6. The largest absolute Gasteiger partial charge is 0.481 e. The van der Waals surface area contributed by atoms with Gasteiger partial charge in [0.15, 0.2) is 5.78 Å². The number of carboxylic acid groups (broad SMARTS) is 1. The monoisotopic (exact) mass is 779 g/mol. The van der Waals surface area contributed by atoms with Crippen LogP contribution in [-0.4, -0.2) is 57.5 Å². The smallest absolute Gasteiger partial charge is 0.309 e. The number of ether oxygens (including phenoxy) is 1. The molecule has 0 spiro atoms. The highest BCUT2D eigenvalue weighted by atomic mass is 35.5. The van der Waals surface area contributed by atoms with Gasteiger partial charge in [-0.2, -0.15) is 0 Å². The molecule has 0 aromatic heterocycles. The number of carboxylic acids is 1. The molecule has 4 fully saturated rings. The first kappa shape index (κ1) is 41.9. The van der Waals surface area contributed by atoms with Gasteiger partial charge >= 0.3 is 11.9 Å². The lowest BCUT2D eigenvalue weighted by Crippen LogP contribution is -2.66. The average Bonchev–Trinajstić information content (AvgIpc) is 3.40. The molecule has 9 atom stereocenters. The van der Waals surface area contributed by atoms with Gasteiger partial charge in [-0.3, -0.25) is 19.2 Å². The van der Waals surface area contributed by atoms with Crippen LogP contribution in [0.4, 0.5) is 0 Å². The summed E-state index contributed by atoms with van der Waals surface area (Å²) in [7, 11) is 0. The number of aliphatic carboxylic acids is 1. The summed E-state index contributed by atoms with van der Waals surface area (Å²) in [5.41, 5.74) is 0.654. The van der Waals surface area contributed by atoms with E-state index < -0.39 is 28.9 Å². The van der Waals surface area contributed by atoms with Gasteiger partial charge in [0.2, 0.25) is 5.91 Å². The van der Waals surface area contributed by atoms with E-state index in [-0.39, 0.29) is 64.3 Å². The average molecular weight is 780 g/mol. The minimum absolute atomic E-state index is 0.0143. The van der Waals surface area contributed by atoms with E-state index in [9.17, 15) is 29.4 Å². The van der Waals surface area contributed by atoms with Crippen LogP contribution in [0.2, 0.25) is 5.02 Å². The number of benzene rings is 1. The van der Waals surface area contributed by atoms with Gasteiger partial charge in [0.05, 0.1) is 17.9 Å². The van der Waals surface area contributed by atoms with E-state index in [0.29, 0.717) is 36.2 Å². The molecule has 0 bridgehead atoms. The molecule has 1 aromatic carbocycles. The molecule has 1 amide bonds. The molecule has 0 unspecified atom stereocenters. The number of Topliss-reactive ketones (excluding diaryl/α,β-unsaturated/α-hetero) is 1. The van der Waals surface area contributed by atoms with Crippen molar-refractivity contribution in [3.8, 4) is 0 Å². The summed E-state index contributed by atoms with van der Waals surface area (Å²) in [5.74, 6) is -0.481. The molecule has 5 aliphatic carbocycles. The highest BCUT2D eigenvalue weighted by molar-refractivity contribution is 6.31. The predicted octanol–water partition coefficient (Wildman–Crippen LogP) is 9.44. The highest BCUT2D eigenvalue weighted by Gasteiger charge is 2.71. The zero-order valence-electron chi connectivity index (χ0n) is 35.0. The van der Waals surface area contributed by atoms with Gasteiger partial charge in [-0.25, -0.2) is 0 Å². The zero-order chi connectivity index (χ0) is 40.7. The van der Waals surface area contributed by atoms with Crippen LogP contribution in [-0.2, 0) is 30.5 Å². The number of amides is 1. The Morgan fingerprint density at radius 3 is 2.24 bits per heavy atom. The first-order valence-corrected chi connectivity index (χ1v) is 21.2. The number of esters is 1. The summed E-state index contributed by atoms with van der Waals surface area (Å²) in [4.78, 5) is 53.8. The molecule has 0 aliphatic heterocycles. The summed E-state index contributed by atoms with van der Waals surface area (Å²) in [6.07, 6.45) is 6.28. The molecule has 1 aromatic rings. The number of allylic oxidation sites excluding steroid dienone is 1. The number of fused-ring (bicyclic) bond motifs is 7. The summed E-state index contributed by atoms with van der Waals surface area (Å²) in [6, 6.07) is 7.49. The Labute approximate surface area is 334 Å². The fraction of sp³-hybridized carbons (Fsp3) is 0.739. The van der Waals surface area contributed by atoms with Crippen LogP contribution in [0.1, 0.15) is 139 Å². The summed E-state index contributed by atoms with van der Waals surface area (Å²) < 4.78 is 6.16. The molecule has 8 nitrogen and oxygen atoms in total. The molecule has 304 valence electrons. The normalized spacial score (nSPS) is 36.0. The number of hydrogen-bond donors (Lipinski definition) is 2. The third-order valence-electron chi connectivity index (χ3n) is 16.7. The molecule has 2 N–H and O–H groups in total. The van der Waals surface area contributed by atoms with Gasteiger partial charge in [-0.05, 0) is 122 Å². The van der Waals surface area contributed by atoms with Crippen molar-refractivity contribution < 1.29 is 34.1 Å². The van der Waals surface area contributed by atoms with Crippen LogP contribution in [0.5, 0.6) is 0 Å². The molecule has 55 heavy (non-hydrogen) atoms. The standard InChI is InChI=1S/C46H66ClNO7/c1-27(2)38-32(50)23-46(35(51)26-48(28(3)49)25-29-13-11-12-14-31(29)47)22-21-44(9)30(39(38)46)15-16-34-43(8)19-18-36(55-37(52)24-41(4,5)40(53)54)42(6,7)33(43)17-20-45(34,44)10/h11-14,27,30,33-36,51H,15-26H2,1-10H3,(H,53,54)/t30-,33+,34-,35-,36+,43+,44-,45-,46+/m1/s1. The van der Waals surface area contributed by atoms with E-state index in [1.54, 1.807) is 18.7 Å². The van der Waals surface area contributed by atoms with Crippen LogP contribution in [0.25, 0.3) is 0 Å². The summed E-state index contributed by atoms with van der Waals surface area (Å²) in [5, 5.41) is 22.6. The summed E-state index contributed by atoms with van der Waals surface area (Å²) >= 11 is 6.51. The molecule has 0 saturated heterocycles. The Balaban J connectivity index is 1.29. The number of aliphatic hydroxyl groups is 1. The lowest BCUT2D eigenvalue weighted by molar-refractivity contribution is -0.235. The lowest BCUT2D eigenvalue weighted by atomic mass is 9.33. The number of rotatable bonds is 10. The third kappa shape index (κ3) is 6.61. The summed E-state index contributed by atoms with van der Waals surface area (Å²) in [6.45, 7) is 21.3. The number of carbonyl (C=O) groups excluding carboxylic acids is 3. The molecular formula is C46H66ClNO7. The van der Waals surface area contributed by atoms with Crippen molar-refractivity contribution in [1.29, 1.82) is 0 Å². The van der Waals surface area contributed by atoms with E-state index in [4.69, 9.17) is 16.3 Å². The highest BCUT2D eigenvalue weighted by Crippen LogP contribution is 2.77. The number of aliphatic hydroxyl groups excluding tert-OH is 1. The van der Waals surface area contributed by atoms with Crippen molar-refractivity contribution in [3.63, 3.8) is 0 Å². The van der Waals surface area contributed by atoms with Gasteiger partial charge in [0.25, 0.3) is 0 Å². The second kappa shape index (κ2) is 14.3. The van der Waals surface area contributed by atoms with E-state index in [1.165, 1.54) is 12.5 Å². The number of carbonyl (C=O) groups is 4. The van der Waals surface area contributed by atoms with Gasteiger partial charge in [-0.15, -0.1) is 0 Å². The minimum atomic E-state index is -1.18. The molecular weight excluding hydrogens is 714 g/mol. The SMILES string of the molecule is CC(=O)N(Cc1ccccc1Cl)C[C@@H](O)[C@@]12CC[C@]3(C)[C@H](CC[C@@H]4[C@@]5(C)CC[C@H](OC(=O)CC(C)(C)C(=O)O)C(C)(C)[C@@H]5CC[C@]43C)C1=C(C(C)C)C(=O)C2. The fourth-order valence-electron chi connectivity index (χ4n) is 13.4. The minimum Gasteiger partial charge on any atom is -0.481 e. The molecule has 4 saturated carbocycles. The molecule has 5 aliphatic rings. The van der Waals surface area contributed by atoms with Crippen molar-refractivity contribution in [3.05, 3.63) is 46.0 Å². The van der Waals surface area contributed by atoms with Crippen LogP contribution in [0.3, 0.4) is 0 Å². The number of halogens is 1. The maximum atomic E-state index is 14.2. The van der Waals surface area contributed by atoms with E-state index in [1.807, 2.05) is 24.3 Å². The molecule has 6 rings (SSSR count). The van der Waals surface area contributed by atoms with Crippen molar-refractivity contribution in [2.75, 3.05) is 6.54 Å². The number of nitrogens with zero attached hydrogens (tertiary/aromatic N) is 1. The van der Waals surface area contributed by atoms with Crippen molar-refractivity contribution in [2.24, 2.45) is 56.2 Å². The topological polar surface area (TPSA) is 121 Å².